The molecular weight excluding hydrogens is 384 g/mol. The lowest BCUT2D eigenvalue weighted by Crippen LogP contribution is -2.28. The molecule has 152 valence electrons. The number of thioether (sulfide) groups is 1. The van der Waals surface area contributed by atoms with E-state index in [9.17, 15) is 20.0 Å². The number of allylic oxidation sites excluding steroid dienone is 2. The highest BCUT2D eigenvalue weighted by molar-refractivity contribution is 7.99. The molecular formula is C19H24N2O6S. The maximum Gasteiger partial charge on any atom is 0.336 e. The molecule has 0 aromatic heterocycles. The predicted molar refractivity (Wildman–Crippen MR) is 107 cm³/mol. The quantitative estimate of drug-likeness (QED) is 0.323. The van der Waals surface area contributed by atoms with E-state index in [2.05, 4.69) is 5.32 Å². The van der Waals surface area contributed by atoms with E-state index in [-0.39, 0.29) is 18.9 Å². The fourth-order valence-corrected chi connectivity index (χ4v) is 3.81. The molecule has 0 fully saturated rings. The van der Waals surface area contributed by atoms with Crippen molar-refractivity contribution >= 4 is 23.4 Å². The number of nitrogens with one attached hydrogen (secondary N) is 1. The molecule has 1 aliphatic heterocycles. The predicted octanol–water partition coefficient (Wildman–Crippen LogP) is 2.09. The molecule has 9 heteroatoms. The second-order valence-corrected chi connectivity index (χ2v) is 7.30. The van der Waals surface area contributed by atoms with E-state index in [1.807, 2.05) is 13.0 Å². The van der Waals surface area contributed by atoms with Crippen LogP contribution < -0.4 is 5.32 Å². The van der Waals surface area contributed by atoms with Crippen LogP contribution >= 0.6 is 11.8 Å². The van der Waals surface area contributed by atoms with Crippen molar-refractivity contribution in [3.8, 4) is 0 Å². The summed E-state index contributed by atoms with van der Waals surface area (Å²) in [6.45, 7) is 3.43. The topological polar surface area (TPSA) is 122 Å². The number of carbonyl (C=O) groups excluding carboxylic acids is 1. The van der Waals surface area contributed by atoms with Gasteiger partial charge in [-0.25, -0.2) is 4.79 Å². The lowest BCUT2D eigenvalue weighted by atomic mass is 9.86. The number of carbonyl (C=O) groups is 1. The van der Waals surface area contributed by atoms with Crippen LogP contribution in [0.4, 0.5) is 5.69 Å². The number of benzene rings is 1. The van der Waals surface area contributed by atoms with Gasteiger partial charge in [0.1, 0.15) is 0 Å². The first-order chi connectivity index (χ1) is 13.4. The van der Waals surface area contributed by atoms with Gasteiger partial charge >= 0.3 is 5.97 Å². The van der Waals surface area contributed by atoms with Crippen molar-refractivity contribution in [3.05, 3.63) is 63.0 Å². The molecule has 3 N–H and O–H groups in total. The van der Waals surface area contributed by atoms with E-state index in [4.69, 9.17) is 9.84 Å². The summed E-state index contributed by atoms with van der Waals surface area (Å²) in [6, 6.07) is 6.20. The number of hydrogen-bond acceptors (Lipinski definition) is 8. The van der Waals surface area contributed by atoms with E-state index in [0.29, 0.717) is 28.3 Å². The molecule has 2 atom stereocenters. The fourth-order valence-electron chi connectivity index (χ4n) is 2.89. The van der Waals surface area contributed by atoms with E-state index in [0.717, 1.165) is 5.70 Å². The highest BCUT2D eigenvalue weighted by Crippen LogP contribution is 2.35. The Morgan fingerprint density at radius 1 is 1.46 bits per heavy atom. The first kappa shape index (κ1) is 21.9. The van der Waals surface area contributed by atoms with Gasteiger partial charge in [-0.05, 0) is 19.4 Å². The average Bonchev–Trinajstić information content (AvgIpc) is 2.67. The Morgan fingerprint density at radius 3 is 2.86 bits per heavy atom. The first-order valence-corrected chi connectivity index (χ1v) is 9.99. The van der Waals surface area contributed by atoms with Crippen molar-refractivity contribution in [2.45, 2.75) is 25.9 Å². The number of aliphatic hydroxyl groups is 2. The number of non-ortho nitro benzene ring substituents is 1. The number of hydrogen-bond donors (Lipinski definition) is 3. The SMILES string of the molecule is CCOC(=O)C1=C(CSCC(O)CO)NC(C)=CC1c1cccc([N+](=O)[O-])c1. The van der Waals surface area contributed by atoms with Crippen LogP contribution in [-0.2, 0) is 9.53 Å². The maximum absolute atomic E-state index is 12.7. The molecule has 2 rings (SSSR count). The molecule has 0 bridgehead atoms. The minimum Gasteiger partial charge on any atom is -0.463 e. The summed E-state index contributed by atoms with van der Waals surface area (Å²) in [5.74, 6) is -0.281. The van der Waals surface area contributed by atoms with Gasteiger partial charge in [-0.2, -0.15) is 11.8 Å². The van der Waals surface area contributed by atoms with Crippen molar-refractivity contribution in [1.29, 1.82) is 0 Å². The molecule has 0 aliphatic carbocycles. The number of esters is 1. The van der Waals surface area contributed by atoms with Crippen LogP contribution in [0.2, 0.25) is 0 Å². The lowest BCUT2D eigenvalue weighted by molar-refractivity contribution is -0.384. The van der Waals surface area contributed by atoms with Crippen LogP contribution in [0.5, 0.6) is 0 Å². The molecule has 0 saturated heterocycles. The van der Waals surface area contributed by atoms with Gasteiger partial charge in [0.05, 0.1) is 29.8 Å². The van der Waals surface area contributed by atoms with Crippen LogP contribution in [0, 0.1) is 10.1 Å². The average molecular weight is 408 g/mol. The maximum atomic E-state index is 12.7. The van der Waals surface area contributed by atoms with E-state index in [1.165, 1.54) is 23.9 Å². The molecule has 2 unspecified atom stereocenters. The number of rotatable bonds is 9. The molecule has 28 heavy (non-hydrogen) atoms. The van der Waals surface area contributed by atoms with Gasteiger partial charge in [-0.3, -0.25) is 10.1 Å². The summed E-state index contributed by atoms with van der Waals surface area (Å²) in [5, 5.41) is 32.8. The molecule has 1 aliphatic rings. The molecule has 0 saturated carbocycles. The van der Waals surface area contributed by atoms with Crippen molar-refractivity contribution in [2.75, 3.05) is 24.7 Å². The molecule has 0 spiro atoms. The highest BCUT2D eigenvalue weighted by atomic mass is 32.2. The minimum absolute atomic E-state index is 0.0488. The number of nitro groups is 1. The number of nitrogens with zero attached hydrogens (tertiary/aromatic N) is 1. The Balaban J connectivity index is 2.41. The lowest BCUT2D eigenvalue weighted by Gasteiger charge is -2.27. The normalized spacial score (nSPS) is 17.6. The van der Waals surface area contributed by atoms with Crippen LogP contribution in [0.1, 0.15) is 25.3 Å². The standard InChI is InChI=1S/C19H24N2O6S/c1-3-27-19(24)18-16(13-5-4-6-14(8-13)21(25)26)7-12(2)20-17(18)11-28-10-15(23)9-22/h4-8,15-16,20,22-23H,3,9-11H2,1-2H3. The van der Waals surface area contributed by atoms with Crippen LogP contribution in [0.15, 0.2) is 47.3 Å². The Kier molecular flexibility index (Phi) is 8.04. The van der Waals surface area contributed by atoms with Gasteiger partial charge in [-0.15, -0.1) is 0 Å². The molecule has 8 nitrogen and oxygen atoms in total. The van der Waals surface area contributed by atoms with Gasteiger partial charge in [0.15, 0.2) is 0 Å². The number of aliphatic hydroxyl groups excluding tert-OH is 2. The summed E-state index contributed by atoms with van der Waals surface area (Å²) in [6.07, 6.45) is 0.992. The number of nitro benzene ring substituents is 1. The van der Waals surface area contributed by atoms with Crippen LogP contribution in [0.25, 0.3) is 0 Å². The summed E-state index contributed by atoms with van der Waals surface area (Å²) in [4.78, 5) is 23.4. The zero-order chi connectivity index (χ0) is 20.7. The highest BCUT2D eigenvalue weighted by Gasteiger charge is 2.30. The Bertz CT molecular complexity index is 792. The van der Waals surface area contributed by atoms with Crippen LogP contribution in [-0.4, -0.2) is 51.9 Å². The van der Waals surface area contributed by atoms with Gasteiger partial charge in [0, 0.05) is 41.0 Å². The van der Waals surface area contributed by atoms with E-state index >= 15 is 0 Å². The van der Waals surface area contributed by atoms with Gasteiger partial charge < -0.3 is 20.3 Å². The third-order valence-electron chi connectivity index (χ3n) is 4.10. The zero-order valence-electron chi connectivity index (χ0n) is 15.8. The monoisotopic (exact) mass is 408 g/mol. The van der Waals surface area contributed by atoms with Crippen molar-refractivity contribution in [2.24, 2.45) is 0 Å². The summed E-state index contributed by atoms with van der Waals surface area (Å²) < 4.78 is 5.23. The largest absolute Gasteiger partial charge is 0.463 e. The van der Waals surface area contributed by atoms with Crippen molar-refractivity contribution in [3.63, 3.8) is 0 Å². The van der Waals surface area contributed by atoms with Gasteiger partial charge in [0.2, 0.25) is 0 Å². The fraction of sp³-hybridized carbons (Fsp3) is 0.421. The van der Waals surface area contributed by atoms with Crippen molar-refractivity contribution < 1.29 is 24.7 Å². The Hall–Kier alpha value is -2.36. The van der Waals surface area contributed by atoms with Crippen molar-refractivity contribution in [1.82, 2.24) is 5.32 Å². The second-order valence-electron chi connectivity index (χ2n) is 6.27. The Morgan fingerprint density at radius 2 is 2.21 bits per heavy atom. The Labute approximate surface area is 167 Å². The molecule has 0 radical (unpaired) electrons. The van der Waals surface area contributed by atoms with E-state index in [1.54, 1.807) is 19.1 Å². The van der Waals surface area contributed by atoms with Gasteiger partial charge in [0.25, 0.3) is 5.69 Å². The smallest absolute Gasteiger partial charge is 0.336 e. The molecule has 0 amide bonds. The zero-order valence-corrected chi connectivity index (χ0v) is 16.6. The summed E-state index contributed by atoms with van der Waals surface area (Å²) in [7, 11) is 0. The minimum atomic E-state index is -0.843. The summed E-state index contributed by atoms with van der Waals surface area (Å²) >= 11 is 1.37. The second kappa shape index (κ2) is 10.3. The summed E-state index contributed by atoms with van der Waals surface area (Å²) in [5.41, 5.74) is 2.40. The first-order valence-electron chi connectivity index (χ1n) is 8.84. The number of dihydropyridines is 1. The molecule has 1 aromatic carbocycles. The third kappa shape index (κ3) is 5.57. The molecule has 1 heterocycles. The van der Waals surface area contributed by atoms with Gasteiger partial charge in [-0.1, -0.05) is 18.2 Å². The molecule has 1 aromatic rings. The number of ether oxygens (including phenoxy) is 1. The van der Waals surface area contributed by atoms with Crippen LogP contribution in [0.3, 0.4) is 0 Å². The van der Waals surface area contributed by atoms with E-state index < -0.39 is 22.9 Å². The third-order valence-corrected chi connectivity index (χ3v) is 5.22.